The number of hydrogen-bond acceptors (Lipinski definition) is 10. The van der Waals surface area contributed by atoms with Gasteiger partial charge in [0, 0.05) is 8.48 Å². The van der Waals surface area contributed by atoms with Crippen molar-refractivity contribution >= 4 is 38.6 Å². The van der Waals surface area contributed by atoms with E-state index in [4.69, 9.17) is 48.2 Å². The Hall–Kier alpha value is -0.328. The Labute approximate surface area is 215 Å². The van der Waals surface area contributed by atoms with Gasteiger partial charge in [-0.25, -0.2) is 0 Å². The van der Waals surface area contributed by atoms with Crippen molar-refractivity contribution in [1.29, 1.82) is 10.5 Å². The maximum Gasteiger partial charge on any atom is 0.332 e. The third-order valence-electron chi connectivity index (χ3n) is 5.79. The van der Waals surface area contributed by atoms with E-state index in [0.29, 0.717) is 0 Å². The van der Waals surface area contributed by atoms with E-state index in [1.54, 1.807) is 0 Å². The third-order valence-corrected chi connectivity index (χ3v) is 13.1. The lowest BCUT2D eigenvalue weighted by atomic mass is 9.93. The molecule has 1 fully saturated rings. The summed E-state index contributed by atoms with van der Waals surface area (Å²) in [5.74, 6) is 0. The number of nitrogens with zero attached hydrogens (tertiary/aromatic N) is 2. The van der Waals surface area contributed by atoms with Gasteiger partial charge in [0.2, 0.25) is 0 Å². The highest BCUT2D eigenvalue weighted by molar-refractivity contribution is 7.59. The zero-order chi connectivity index (χ0) is 27.4. The van der Waals surface area contributed by atoms with Crippen LogP contribution in [-0.2, 0) is 36.3 Å². The van der Waals surface area contributed by atoms with Gasteiger partial charge in [0.15, 0.2) is 8.32 Å². The summed E-state index contributed by atoms with van der Waals surface area (Å²) in [6, 6.07) is 3.72. The van der Waals surface area contributed by atoms with Crippen LogP contribution in [0, 0.1) is 22.7 Å². The number of nitriles is 2. The van der Waals surface area contributed by atoms with Crippen LogP contribution in [0.15, 0.2) is 0 Å². The second-order valence-electron chi connectivity index (χ2n) is 9.42. The molecule has 0 aromatic heterocycles. The van der Waals surface area contributed by atoms with E-state index in [9.17, 15) is 0 Å². The molecule has 0 bridgehead atoms. The molecule has 3 unspecified atom stereocenters. The summed E-state index contributed by atoms with van der Waals surface area (Å²) in [4.78, 5) is 0. The van der Waals surface area contributed by atoms with E-state index < -0.39 is 42.8 Å². The van der Waals surface area contributed by atoms with E-state index in [2.05, 4.69) is 40.2 Å². The van der Waals surface area contributed by atoms with E-state index in [0.717, 1.165) is 0 Å². The quantitative estimate of drug-likeness (QED) is 0.157. The van der Waals surface area contributed by atoms with Crippen molar-refractivity contribution in [2.75, 3.05) is 33.5 Å². The molecule has 14 heteroatoms. The van der Waals surface area contributed by atoms with Gasteiger partial charge in [-0.15, -0.1) is 0 Å². The Morgan fingerprint density at radius 1 is 1.14 bits per heavy atom. The van der Waals surface area contributed by atoms with E-state index in [-0.39, 0.29) is 57.2 Å². The minimum atomic E-state index is -3.04. The molecule has 0 spiro atoms. The molecule has 0 aliphatic carbocycles. The standard InChI is InChI=1S/C21H41BN2O8P2Si/c1-9-26-33(27-14-10-12-23)28-16-17-18(31-34(6,25-5)29-15-11-13-24)19(20(22)30-17)32-35(7,8)21(2,3)4/h17-20H,6,9-11,14-16,22H2,1-5,7-8H3/t17-,18+,19?,20-,33?,34?/m1/s1/i1D. The first kappa shape index (κ1) is 30.9. The number of rotatable bonds is 16. The maximum atomic E-state index is 8.88. The molecule has 0 amide bonds. The summed E-state index contributed by atoms with van der Waals surface area (Å²) in [7, 11) is -3.66. The smallest absolute Gasteiger partial charge is 0.332 e. The highest BCUT2D eigenvalue weighted by atomic mass is 31.2. The van der Waals surface area contributed by atoms with Crippen LogP contribution < -0.4 is 0 Å². The summed E-state index contributed by atoms with van der Waals surface area (Å²) < 4.78 is 54.9. The molecule has 1 aliphatic rings. The second kappa shape index (κ2) is 15.2. The molecule has 0 N–H and O–H groups in total. The average Bonchev–Trinajstić information content (AvgIpc) is 3.08. The van der Waals surface area contributed by atoms with Crippen molar-refractivity contribution < 1.29 is 37.7 Å². The van der Waals surface area contributed by atoms with Crippen LogP contribution in [0.1, 0.15) is 41.9 Å². The lowest BCUT2D eigenvalue weighted by Gasteiger charge is -2.41. The van der Waals surface area contributed by atoms with E-state index in [1.165, 1.54) is 7.11 Å². The summed E-state index contributed by atoms with van der Waals surface area (Å²) >= 11 is 0. The Morgan fingerprint density at radius 2 is 1.80 bits per heavy atom. The van der Waals surface area contributed by atoms with E-state index in [1.807, 2.05) is 20.0 Å². The van der Waals surface area contributed by atoms with Crippen LogP contribution in [0.4, 0.5) is 0 Å². The molecule has 1 heterocycles. The summed E-state index contributed by atoms with van der Waals surface area (Å²) in [6.45, 7) is 11.3. The first-order chi connectivity index (χ1) is 16.8. The lowest BCUT2D eigenvalue weighted by molar-refractivity contribution is -0.00584. The summed E-state index contributed by atoms with van der Waals surface area (Å²) in [6.07, 6.45) is 2.78. The Morgan fingerprint density at radius 3 is 2.37 bits per heavy atom. The van der Waals surface area contributed by atoms with Crippen LogP contribution in [0.25, 0.3) is 0 Å². The molecule has 0 saturated carbocycles. The maximum absolute atomic E-state index is 8.88. The zero-order valence-electron chi connectivity index (χ0n) is 23.0. The molecule has 0 aromatic carbocycles. The van der Waals surface area contributed by atoms with Crippen LogP contribution in [0.2, 0.25) is 18.1 Å². The van der Waals surface area contributed by atoms with Crippen molar-refractivity contribution in [2.45, 2.75) is 83.0 Å². The van der Waals surface area contributed by atoms with Crippen molar-refractivity contribution in [3.05, 3.63) is 0 Å². The molecule has 1 rings (SSSR count). The minimum Gasteiger partial charge on any atom is -0.409 e. The van der Waals surface area contributed by atoms with Gasteiger partial charge in [-0.3, -0.25) is 0 Å². The van der Waals surface area contributed by atoms with Gasteiger partial charge in [0.25, 0.3) is 7.57 Å². The number of ether oxygens (including phenoxy) is 1. The Balaban J connectivity index is 3.13. The van der Waals surface area contributed by atoms with Gasteiger partial charge in [-0.2, -0.15) is 10.5 Å². The van der Waals surface area contributed by atoms with Crippen molar-refractivity contribution in [1.82, 2.24) is 0 Å². The molecule has 1 aliphatic heterocycles. The fourth-order valence-corrected chi connectivity index (χ4v) is 6.37. The van der Waals surface area contributed by atoms with Crippen molar-refractivity contribution in [3.8, 4) is 12.1 Å². The molecule has 6 atom stereocenters. The molecule has 35 heavy (non-hydrogen) atoms. The van der Waals surface area contributed by atoms with E-state index >= 15 is 0 Å². The highest BCUT2D eigenvalue weighted by Crippen LogP contribution is 2.52. The summed E-state index contributed by atoms with van der Waals surface area (Å²) in [5.41, 5.74) is 0. The molecule has 200 valence electrons. The third kappa shape index (κ3) is 10.5. The predicted octanol–water partition coefficient (Wildman–Crippen LogP) is 4.10. The zero-order valence-corrected chi connectivity index (χ0v) is 24.8. The van der Waals surface area contributed by atoms with Crippen LogP contribution in [0.5, 0.6) is 0 Å². The van der Waals surface area contributed by atoms with Crippen molar-refractivity contribution in [3.63, 3.8) is 0 Å². The Kier molecular flexibility index (Phi) is 13.4. The Bertz CT molecular complexity index is 795. The molecular formula is C21H41BN2O8P2Si. The monoisotopic (exact) mass is 551 g/mol. The molecule has 1 saturated heterocycles. The molecule has 0 radical (unpaired) electrons. The van der Waals surface area contributed by atoms with Crippen LogP contribution in [-0.4, -0.2) is 80.3 Å². The molecule has 0 aromatic rings. The lowest BCUT2D eigenvalue weighted by Crippen LogP contribution is -2.50. The normalized spacial score (nSPS) is 25.9. The molecule has 10 nitrogen and oxygen atoms in total. The SMILES string of the molecule is [2H]CCOP(OCCC#N)OC[C@H]1O[C@@H](B)C(O[Si](C)(C)C(C)(C)C)[C@H]1OP(=C)(OC)OCCC#N. The van der Waals surface area contributed by atoms with Gasteiger partial charge in [-0.05, 0) is 31.3 Å². The number of hydrogen-bond donors (Lipinski definition) is 0. The first-order valence-electron chi connectivity index (χ1n) is 12.2. The minimum absolute atomic E-state index is 0.0416. The fraction of sp³-hybridized carbons (Fsp3) is 0.857. The topological polar surface area (TPSA) is 121 Å². The van der Waals surface area contributed by atoms with Gasteiger partial charge in [0.05, 0.1) is 63.5 Å². The van der Waals surface area contributed by atoms with Gasteiger partial charge in [0.1, 0.15) is 20.1 Å². The predicted molar refractivity (Wildman–Crippen MR) is 142 cm³/mol. The summed E-state index contributed by atoms with van der Waals surface area (Å²) in [5, 5.41) is 17.6. The van der Waals surface area contributed by atoms with Crippen LogP contribution >= 0.6 is 16.2 Å². The van der Waals surface area contributed by atoms with Gasteiger partial charge < -0.3 is 36.3 Å². The largest absolute Gasteiger partial charge is 0.409 e. The second-order valence-corrected chi connectivity index (χ2v) is 17.5. The highest BCUT2D eigenvalue weighted by Gasteiger charge is 2.50. The van der Waals surface area contributed by atoms with Gasteiger partial charge in [-0.1, -0.05) is 20.8 Å². The first-order valence-corrected chi connectivity index (χ1v) is 17.2. The van der Waals surface area contributed by atoms with Crippen LogP contribution in [0.3, 0.4) is 0 Å². The van der Waals surface area contributed by atoms with Gasteiger partial charge >= 0.3 is 8.60 Å². The molecular weight excluding hydrogens is 509 g/mol. The average molecular weight is 551 g/mol. The fourth-order valence-electron chi connectivity index (χ4n) is 2.88. The van der Waals surface area contributed by atoms with Crippen molar-refractivity contribution in [2.24, 2.45) is 0 Å².